The summed E-state index contributed by atoms with van der Waals surface area (Å²) in [5.74, 6) is 1.62. The lowest BCUT2D eigenvalue weighted by Crippen LogP contribution is -2.43. The van der Waals surface area contributed by atoms with Gasteiger partial charge in [-0.05, 0) is 38.1 Å². The van der Waals surface area contributed by atoms with Crippen molar-refractivity contribution < 1.29 is 4.74 Å². The number of hydrogen-bond donors (Lipinski definition) is 1. The zero-order chi connectivity index (χ0) is 12.0. The van der Waals surface area contributed by atoms with Crippen LogP contribution in [-0.4, -0.2) is 27.3 Å². The van der Waals surface area contributed by atoms with Gasteiger partial charge in [-0.3, -0.25) is 0 Å². The first-order valence-electron chi connectivity index (χ1n) is 6.78. The third-order valence-corrected chi connectivity index (χ3v) is 4.00. The second-order valence-corrected chi connectivity index (χ2v) is 5.91. The average molecular weight is 227 g/mol. The smallest absolute Gasteiger partial charge is 0.0533 e. The van der Waals surface area contributed by atoms with Crippen LogP contribution < -0.4 is 5.32 Å². The summed E-state index contributed by atoms with van der Waals surface area (Å²) in [5.41, 5.74) is 0.369. The van der Waals surface area contributed by atoms with E-state index in [9.17, 15) is 0 Å². The minimum absolute atomic E-state index is 0.369. The van der Waals surface area contributed by atoms with Crippen LogP contribution in [0.25, 0.3) is 0 Å². The van der Waals surface area contributed by atoms with E-state index >= 15 is 0 Å². The van der Waals surface area contributed by atoms with Crippen molar-refractivity contribution in [1.82, 2.24) is 5.32 Å². The molecular formula is C14H29NO. The Labute approximate surface area is 101 Å². The molecule has 0 radical (unpaired) electrons. The fourth-order valence-corrected chi connectivity index (χ4v) is 3.60. The van der Waals surface area contributed by atoms with Crippen LogP contribution in [0.4, 0.5) is 0 Å². The Morgan fingerprint density at radius 3 is 2.38 bits per heavy atom. The molecule has 0 bridgehead atoms. The molecule has 0 spiro atoms. The Kier molecular flexibility index (Phi) is 5.77. The van der Waals surface area contributed by atoms with Gasteiger partial charge in [-0.25, -0.2) is 0 Å². The maximum atomic E-state index is 5.53. The van der Waals surface area contributed by atoms with Gasteiger partial charge in [-0.15, -0.1) is 0 Å². The van der Waals surface area contributed by atoms with E-state index in [0.29, 0.717) is 5.41 Å². The molecule has 1 aliphatic rings. The summed E-state index contributed by atoms with van der Waals surface area (Å²) < 4.78 is 5.53. The van der Waals surface area contributed by atoms with E-state index in [4.69, 9.17) is 4.74 Å². The summed E-state index contributed by atoms with van der Waals surface area (Å²) in [5, 5.41) is 3.40. The van der Waals surface area contributed by atoms with Gasteiger partial charge in [0.05, 0.1) is 6.61 Å². The fourth-order valence-electron chi connectivity index (χ4n) is 3.60. The van der Waals surface area contributed by atoms with Crippen LogP contribution in [0.1, 0.15) is 46.0 Å². The molecule has 1 rings (SSSR count). The van der Waals surface area contributed by atoms with Crippen molar-refractivity contribution in [3.63, 3.8) is 0 Å². The van der Waals surface area contributed by atoms with Crippen LogP contribution in [0.5, 0.6) is 0 Å². The van der Waals surface area contributed by atoms with E-state index in [-0.39, 0.29) is 0 Å². The van der Waals surface area contributed by atoms with Crippen LogP contribution in [-0.2, 0) is 4.74 Å². The number of methoxy groups -OCH3 is 1. The lowest BCUT2D eigenvalue weighted by Gasteiger charge is -2.40. The van der Waals surface area contributed by atoms with Gasteiger partial charge in [0.25, 0.3) is 0 Å². The zero-order valence-electron chi connectivity index (χ0n) is 11.5. The first kappa shape index (κ1) is 14.0. The normalized spacial score (nSPS) is 21.6. The zero-order valence-corrected chi connectivity index (χ0v) is 11.5. The number of ether oxygens (including phenoxy) is 1. The summed E-state index contributed by atoms with van der Waals surface area (Å²) >= 11 is 0. The van der Waals surface area contributed by atoms with Crippen molar-refractivity contribution >= 4 is 0 Å². The van der Waals surface area contributed by atoms with Gasteiger partial charge < -0.3 is 10.1 Å². The third-order valence-electron chi connectivity index (χ3n) is 4.00. The SMILES string of the molecule is CNCC(COC)(CC(C)C)C1CCCC1. The molecular weight excluding hydrogens is 198 g/mol. The van der Waals surface area contributed by atoms with E-state index in [0.717, 1.165) is 25.0 Å². The van der Waals surface area contributed by atoms with E-state index < -0.39 is 0 Å². The number of hydrogen-bond acceptors (Lipinski definition) is 2. The second-order valence-electron chi connectivity index (χ2n) is 5.91. The first-order valence-corrected chi connectivity index (χ1v) is 6.78. The van der Waals surface area contributed by atoms with Gasteiger partial charge >= 0.3 is 0 Å². The van der Waals surface area contributed by atoms with Crippen molar-refractivity contribution in [2.75, 3.05) is 27.3 Å². The first-order chi connectivity index (χ1) is 7.64. The molecule has 1 aliphatic carbocycles. The molecule has 0 aromatic carbocycles. The summed E-state index contributed by atoms with van der Waals surface area (Å²) in [6, 6.07) is 0. The summed E-state index contributed by atoms with van der Waals surface area (Å²) in [4.78, 5) is 0. The van der Waals surface area contributed by atoms with Crippen molar-refractivity contribution in [2.24, 2.45) is 17.3 Å². The molecule has 0 amide bonds. The predicted molar refractivity (Wildman–Crippen MR) is 69.6 cm³/mol. The quantitative estimate of drug-likeness (QED) is 0.721. The highest BCUT2D eigenvalue weighted by atomic mass is 16.5. The van der Waals surface area contributed by atoms with Crippen LogP contribution in [0.15, 0.2) is 0 Å². The van der Waals surface area contributed by atoms with Gasteiger partial charge in [0, 0.05) is 19.1 Å². The average Bonchev–Trinajstić information content (AvgIpc) is 2.70. The molecule has 1 unspecified atom stereocenters. The van der Waals surface area contributed by atoms with Crippen LogP contribution >= 0.6 is 0 Å². The Bertz CT molecular complexity index is 179. The molecule has 0 aromatic rings. The Morgan fingerprint density at radius 2 is 1.94 bits per heavy atom. The standard InChI is InChI=1S/C14H29NO/c1-12(2)9-14(10-15-3,11-16-4)13-7-5-6-8-13/h12-13,15H,5-11H2,1-4H3. The Balaban J connectivity index is 2.75. The number of rotatable bonds is 7. The van der Waals surface area contributed by atoms with Crippen molar-refractivity contribution in [2.45, 2.75) is 46.0 Å². The molecule has 1 saturated carbocycles. The lowest BCUT2D eigenvalue weighted by atomic mass is 9.69. The molecule has 1 fully saturated rings. The van der Waals surface area contributed by atoms with Crippen LogP contribution in [0.3, 0.4) is 0 Å². The van der Waals surface area contributed by atoms with E-state index in [1.54, 1.807) is 0 Å². The van der Waals surface area contributed by atoms with Gasteiger partial charge in [0.2, 0.25) is 0 Å². The maximum absolute atomic E-state index is 5.53. The lowest BCUT2D eigenvalue weighted by molar-refractivity contribution is 0.0170. The number of nitrogens with one attached hydrogen (secondary N) is 1. The van der Waals surface area contributed by atoms with Crippen molar-refractivity contribution in [1.29, 1.82) is 0 Å². The van der Waals surface area contributed by atoms with E-state index in [1.807, 2.05) is 7.11 Å². The van der Waals surface area contributed by atoms with Gasteiger partial charge in [0.15, 0.2) is 0 Å². The molecule has 0 aromatic heterocycles. The summed E-state index contributed by atoms with van der Waals surface area (Å²) in [6.45, 7) is 6.67. The molecule has 96 valence electrons. The van der Waals surface area contributed by atoms with Crippen molar-refractivity contribution in [3.8, 4) is 0 Å². The molecule has 2 heteroatoms. The minimum Gasteiger partial charge on any atom is -0.384 e. The van der Waals surface area contributed by atoms with Crippen LogP contribution in [0.2, 0.25) is 0 Å². The van der Waals surface area contributed by atoms with Gasteiger partial charge in [0.1, 0.15) is 0 Å². The topological polar surface area (TPSA) is 21.3 Å². The minimum atomic E-state index is 0.369. The van der Waals surface area contributed by atoms with E-state index in [2.05, 4.69) is 26.2 Å². The third kappa shape index (κ3) is 3.46. The highest BCUT2D eigenvalue weighted by Gasteiger charge is 2.39. The molecule has 0 heterocycles. The maximum Gasteiger partial charge on any atom is 0.0533 e. The molecule has 1 N–H and O–H groups in total. The van der Waals surface area contributed by atoms with E-state index in [1.165, 1.54) is 32.1 Å². The largest absolute Gasteiger partial charge is 0.384 e. The Hall–Kier alpha value is -0.0800. The van der Waals surface area contributed by atoms with Crippen LogP contribution in [0, 0.1) is 17.3 Å². The fraction of sp³-hybridized carbons (Fsp3) is 1.00. The highest BCUT2D eigenvalue weighted by molar-refractivity contribution is 4.91. The van der Waals surface area contributed by atoms with Gasteiger partial charge in [-0.1, -0.05) is 26.7 Å². The molecule has 1 atom stereocenters. The summed E-state index contributed by atoms with van der Waals surface area (Å²) in [6.07, 6.45) is 6.91. The van der Waals surface area contributed by atoms with Gasteiger partial charge in [-0.2, -0.15) is 0 Å². The second kappa shape index (κ2) is 6.61. The monoisotopic (exact) mass is 227 g/mol. The molecule has 2 nitrogen and oxygen atoms in total. The molecule has 0 saturated heterocycles. The highest BCUT2D eigenvalue weighted by Crippen LogP contribution is 2.44. The Morgan fingerprint density at radius 1 is 1.31 bits per heavy atom. The summed E-state index contributed by atoms with van der Waals surface area (Å²) in [7, 11) is 3.92. The predicted octanol–water partition coefficient (Wildman–Crippen LogP) is 3.07. The molecule has 0 aliphatic heterocycles. The molecule has 16 heavy (non-hydrogen) atoms. The van der Waals surface area contributed by atoms with Crippen molar-refractivity contribution in [3.05, 3.63) is 0 Å².